The first-order chi connectivity index (χ1) is 11.7. The number of carbonyl (C=O) groups excluding carboxylic acids is 1. The molecule has 0 aromatic heterocycles. The molecule has 7 heteroatoms. The normalized spacial score (nSPS) is 12.0. The van der Waals surface area contributed by atoms with Crippen LogP contribution in [0.1, 0.15) is 6.92 Å². The molecule has 5 nitrogen and oxygen atoms in total. The second-order valence-electron chi connectivity index (χ2n) is 5.16. The van der Waals surface area contributed by atoms with Crippen molar-refractivity contribution in [3.8, 4) is 0 Å². The van der Waals surface area contributed by atoms with Gasteiger partial charge in [0.1, 0.15) is 6.54 Å². The van der Waals surface area contributed by atoms with Gasteiger partial charge in [-0.05, 0) is 43.4 Å². The van der Waals surface area contributed by atoms with Crippen LogP contribution in [0.5, 0.6) is 0 Å². The molecule has 1 aliphatic heterocycles. The maximum Gasteiger partial charge on any atom is 0.258 e. The fraction of sp³-hybridized carbons (Fsp3) is 0.176. The number of hydrazine groups is 1. The highest BCUT2D eigenvalue weighted by atomic mass is 32.2. The van der Waals surface area contributed by atoms with Crippen molar-refractivity contribution in [1.29, 1.82) is 0 Å². The second-order valence-corrected chi connectivity index (χ2v) is 6.65. The summed E-state index contributed by atoms with van der Waals surface area (Å²) in [6, 6.07) is 16.2. The molecule has 0 saturated carbocycles. The topological polar surface area (TPSA) is 56.4 Å². The molecule has 1 aliphatic rings. The van der Waals surface area contributed by atoms with E-state index in [1.54, 1.807) is 11.8 Å². The van der Waals surface area contributed by atoms with Crippen LogP contribution in [0, 0.1) is 0 Å². The average Bonchev–Trinajstić information content (AvgIpc) is 2.60. The molecule has 2 aromatic carbocycles. The van der Waals surface area contributed by atoms with Crippen LogP contribution in [0.25, 0.3) is 0 Å². The zero-order chi connectivity index (χ0) is 16.9. The largest absolute Gasteiger partial charge is 0.362 e. The molecular weight excluding hydrogens is 340 g/mol. The Hall–Kier alpha value is -2.25. The minimum Gasteiger partial charge on any atom is -0.362 e. The number of para-hydroxylation sites is 2. The van der Waals surface area contributed by atoms with Crippen molar-refractivity contribution in [2.24, 2.45) is 0 Å². The first kappa shape index (κ1) is 16.6. The van der Waals surface area contributed by atoms with Crippen molar-refractivity contribution in [2.45, 2.75) is 16.7 Å². The number of nitrogens with one attached hydrogen (secondary N) is 3. The van der Waals surface area contributed by atoms with Crippen molar-refractivity contribution >= 4 is 46.4 Å². The Kier molecular flexibility index (Phi) is 5.22. The maximum absolute atomic E-state index is 12.3. The molecule has 124 valence electrons. The molecule has 0 bridgehead atoms. The molecule has 0 aliphatic carbocycles. The predicted octanol–water partition coefficient (Wildman–Crippen LogP) is 2.80. The smallest absolute Gasteiger partial charge is 0.258 e. The van der Waals surface area contributed by atoms with Gasteiger partial charge >= 0.3 is 0 Å². The first-order valence-corrected chi connectivity index (χ1v) is 8.87. The van der Waals surface area contributed by atoms with Crippen LogP contribution < -0.4 is 21.1 Å². The van der Waals surface area contributed by atoms with E-state index < -0.39 is 0 Å². The van der Waals surface area contributed by atoms with Gasteiger partial charge in [0, 0.05) is 16.3 Å². The summed E-state index contributed by atoms with van der Waals surface area (Å²) in [5.74, 6) is -0.160. The van der Waals surface area contributed by atoms with Crippen molar-refractivity contribution in [3.05, 3.63) is 48.5 Å². The Bertz CT molecular complexity index is 720. The van der Waals surface area contributed by atoms with Crippen LogP contribution in [0.15, 0.2) is 58.3 Å². The lowest BCUT2D eigenvalue weighted by Gasteiger charge is -2.32. The highest BCUT2D eigenvalue weighted by Gasteiger charge is 2.24. The van der Waals surface area contributed by atoms with E-state index in [1.165, 1.54) is 0 Å². The summed E-state index contributed by atoms with van der Waals surface area (Å²) in [6.45, 7) is 2.84. The number of carbonyl (C=O) groups is 1. The molecule has 0 radical (unpaired) electrons. The SMILES string of the molecule is CCNC(=S)NNC(=O)CN1c2ccccc2Sc2ccccc21. The van der Waals surface area contributed by atoms with Gasteiger partial charge in [0.15, 0.2) is 5.11 Å². The Balaban J connectivity index is 1.78. The Morgan fingerprint density at radius 3 is 2.21 bits per heavy atom. The summed E-state index contributed by atoms with van der Waals surface area (Å²) < 4.78 is 0. The van der Waals surface area contributed by atoms with Gasteiger partial charge in [0.2, 0.25) is 0 Å². The number of hydrogen-bond acceptors (Lipinski definition) is 4. The number of thiocarbonyl (C=S) groups is 1. The summed E-state index contributed by atoms with van der Waals surface area (Å²) in [6.07, 6.45) is 0. The van der Waals surface area contributed by atoms with Gasteiger partial charge in [0.05, 0.1) is 11.4 Å². The Morgan fingerprint density at radius 2 is 1.62 bits per heavy atom. The quantitative estimate of drug-likeness (QED) is 0.579. The van der Waals surface area contributed by atoms with E-state index in [2.05, 4.69) is 28.3 Å². The van der Waals surface area contributed by atoms with Gasteiger partial charge in [-0.3, -0.25) is 15.6 Å². The molecule has 24 heavy (non-hydrogen) atoms. The highest BCUT2D eigenvalue weighted by Crippen LogP contribution is 2.47. The summed E-state index contributed by atoms with van der Waals surface area (Å²) in [7, 11) is 0. The van der Waals surface area contributed by atoms with E-state index in [0.29, 0.717) is 11.7 Å². The lowest BCUT2D eigenvalue weighted by atomic mass is 10.2. The molecule has 0 atom stereocenters. The highest BCUT2D eigenvalue weighted by molar-refractivity contribution is 7.99. The van der Waals surface area contributed by atoms with Crippen LogP contribution in [0.2, 0.25) is 0 Å². The Labute approximate surface area is 150 Å². The number of benzene rings is 2. The molecule has 1 amide bonds. The monoisotopic (exact) mass is 358 g/mol. The van der Waals surface area contributed by atoms with Crippen LogP contribution in [0.4, 0.5) is 11.4 Å². The summed E-state index contributed by atoms with van der Waals surface area (Å²) in [4.78, 5) is 16.6. The van der Waals surface area contributed by atoms with Crippen LogP contribution >= 0.6 is 24.0 Å². The zero-order valence-electron chi connectivity index (χ0n) is 13.2. The van der Waals surface area contributed by atoms with E-state index in [1.807, 2.05) is 48.2 Å². The number of fused-ring (bicyclic) bond motifs is 2. The number of rotatable bonds is 3. The summed E-state index contributed by atoms with van der Waals surface area (Å²) >= 11 is 6.77. The van der Waals surface area contributed by atoms with Gasteiger partial charge in [-0.1, -0.05) is 36.0 Å². The van der Waals surface area contributed by atoms with E-state index >= 15 is 0 Å². The average molecular weight is 358 g/mol. The third-order valence-corrected chi connectivity index (χ3v) is 4.86. The van der Waals surface area contributed by atoms with Gasteiger partial charge < -0.3 is 10.2 Å². The molecule has 3 rings (SSSR count). The van der Waals surface area contributed by atoms with Crippen LogP contribution in [-0.4, -0.2) is 24.1 Å². The van der Waals surface area contributed by atoms with Gasteiger partial charge in [0.25, 0.3) is 5.91 Å². The Morgan fingerprint density at radius 1 is 1.04 bits per heavy atom. The lowest BCUT2D eigenvalue weighted by Crippen LogP contribution is -2.49. The lowest BCUT2D eigenvalue weighted by molar-refractivity contribution is -0.120. The number of anilines is 2. The number of hydrogen-bond donors (Lipinski definition) is 3. The van der Waals surface area contributed by atoms with Crippen molar-refractivity contribution in [2.75, 3.05) is 18.0 Å². The van der Waals surface area contributed by atoms with Crippen molar-refractivity contribution < 1.29 is 4.79 Å². The molecule has 0 fully saturated rings. The fourth-order valence-electron chi connectivity index (χ4n) is 2.47. The van der Waals surface area contributed by atoms with E-state index in [9.17, 15) is 4.79 Å². The molecule has 0 saturated heterocycles. The van der Waals surface area contributed by atoms with Crippen molar-refractivity contribution in [1.82, 2.24) is 16.2 Å². The van der Waals surface area contributed by atoms with Gasteiger partial charge in [-0.15, -0.1) is 0 Å². The molecule has 3 N–H and O–H groups in total. The molecule has 0 unspecified atom stereocenters. The maximum atomic E-state index is 12.3. The zero-order valence-corrected chi connectivity index (χ0v) is 14.8. The van der Waals surface area contributed by atoms with Gasteiger partial charge in [-0.2, -0.15) is 0 Å². The molecule has 2 aromatic rings. The summed E-state index contributed by atoms with van der Waals surface area (Å²) in [5, 5.41) is 3.33. The molecule has 0 spiro atoms. The predicted molar refractivity (Wildman–Crippen MR) is 102 cm³/mol. The van der Waals surface area contributed by atoms with Crippen molar-refractivity contribution in [3.63, 3.8) is 0 Å². The molecular formula is C17H18N4OS2. The first-order valence-electron chi connectivity index (χ1n) is 7.65. The second kappa shape index (κ2) is 7.55. The van der Waals surface area contributed by atoms with E-state index in [0.717, 1.165) is 21.2 Å². The minimum atomic E-state index is -0.160. The van der Waals surface area contributed by atoms with Crippen LogP contribution in [0.3, 0.4) is 0 Å². The summed E-state index contributed by atoms with van der Waals surface area (Å²) in [5.41, 5.74) is 7.41. The minimum absolute atomic E-state index is 0.160. The van der Waals surface area contributed by atoms with Gasteiger partial charge in [-0.25, -0.2) is 0 Å². The number of nitrogens with zero attached hydrogens (tertiary/aromatic N) is 1. The third kappa shape index (κ3) is 3.63. The third-order valence-electron chi connectivity index (χ3n) is 3.49. The molecule has 1 heterocycles. The van der Waals surface area contributed by atoms with E-state index in [-0.39, 0.29) is 12.5 Å². The standard InChI is InChI=1S/C17H18N4OS2/c1-2-18-17(23)20-19-16(22)11-21-12-7-3-5-9-14(12)24-15-10-6-4-8-13(15)21/h3-10H,2,11H2,1H3,(H,19,22)(H2,18,20,23). The fourth-order valence-corrected chi connectivity index (χ4v) is 3.76. The van der Waals surface area contributed by atoms with E-state index in [4.69, 9.17) is 12.2 Å². The number of amides is 1. The van der Waals surface area contributed by atoms with Crippen LogP contribution in [-0.2, 0) is 4.79 Å².